The summed E-state index contributed by atoms with van der Waals surface area (Å²) in [6.45, 7) is 4.07. The topological polar surface area (TPSA) is 34.1 Å². The van der Waals surface area contributed by atoms with Crippen LogP contribution in [-0.4, -0.2) is 8.42 Å². The largest absolute Gasteiger partial charge is 0.261 e. The molecule has 90 valence electrons. The Labute approximate surface area is 106 Å². The van der Waals surface area contributed by atoms with Crippen molar-refractivity contribution in [2.45, 2.75) is 24.7 Å². The quantitative estimate of drug-likeness (QED) is 0.776. The third-order valence-electron chi connectivity index (χ3n) is 2.79. The Bertz CT molecular complexity index is 617. The number of halogens is 1. The van der Waals surface area contributed by atoms with Crippen molar-refractivity contribution in [2.75, 3.05) is 0 Å². The van der Waals surface area contributed by atoms with Crippen molar-refractivity contribution in [2.24, 2.45) is 0 Å². The summed E-state index contributed by atoms with van der Waals surface area (Å²) in [6, 6.07) is 11.0. The molecule has 0 atom stereocenters. The van der Waals surface area contributed by atoms with Crippen LogP contribution in [0, 0.1) is 0 Å². The van der Waals surface area contributed by atoms with E-state index in [4.69, 9.17) is 10.7 Å². The van der Waals surface area contributed by atoms with Crippen molar-refractivity contribution in [3.05, 3.63) is 42.0 Å². The van der Waals surface area contributed by atoms with Gasteiger partial charge in [-0.1, -0.05) is 44.2 Å². The molecule has 0 fully saturated rings. The summed E-state index contributed by atoms with van der Waals surface area (Å²) in [5.74, 6) is 0.257. The van der Waals surface area contributed by atoms with Crippen LogP contribution >= 0.6 is 10.7 Å². The van der Waals surface area contributed by atoms with Crippen LogP contribution in [0.1, 0.15) is 25.3 Å². The second-order valence-corrected chi connectivity index (χ2v) is 6.83. The van der Waals surface area contributed by atoms with E-state index in [1.165, 1.54) is 0 Å². The maximum atomic E-state index is 11.6. The molecule has 2 rings (SSSR count). The van der Waals surface area contributed by atoms with E-state index in [0.717, 1.165) is 11.1 Å². The third kappa shape index (κ3) is 2.31. The maximum Gasteiger partial charge on any atom is 0.261 e. The van der Waals surface area contributed by atoms with Crippen LogP contribution in [0.25, 0.3) is 11.1 Å². The Morgan fingerprint density at radius 3 is 2.18 bits per heavy atom. The van der Waals surface area contributed by atoms with Crippen LogP contribution in [0.5, 0.6) is 0 Å². The minimum atomic E-state index is -3.70. The Kier molecular flexibility index (Phi) is 3.15. The van der Waals surface area contributed by atoms with Gasteiger partial charge in [-0.05, 0) is 23.1 Å². The van der Waals surface area contributed by atoms with Gasteiger partial charge in [0.2, 0.25) is 0 Å². The first-order valence-electron chi connectivity index (χ1n) is 5.37. The average Bonchev–Trinajstić information content (AvgIpc) is 2.42. The Morgan fingerprint density at radius 1 is 1.06 bits per heavy atom. The highest BCUT2D eigenvalue weighted by atomic mass is 35.7. The second kappa shape index (κ2) is 4.31. The summed E-state index contributed by atoms with van der Waals surface area (Å²) in [6.07, 6.45) is 0. The molecule has 2 aliphatic carbocycles. The highest BCUT2D eigenvalue weighted by Crippen LogP contribution is 2.39. The molecule has 0 radical (unpaired) electrons. The second-order valence-electron chi connectivity index (χ2n) is 4.29. The zero-order chi connectivity index (χ0) is 12.6. The minimum Gasteiger partial charge on any atom is -0.207 e. The molecule has 0 N–H and O–H groups in total. The van der Waals surface area contributed by atoms with E-state index in [-0.39, 0.29) is 10.8 Å². The Morgan fingerprint density at radius 2 is 1.65 bits per heavy atom. The molecule has 0 bridgehead atoms. The fourth-order valence-corrected chi connectivity index (χ4v) is 3.08. The van der Waals surface area contributed by atoms with Gasteiger partial charge >= 0.3 is 0 Å². The lowest BCUT2D eigenvalue weighted by atomic mass is 10.0. The third-order valence-corrected chi connectivity index (χ3v) is 4.15. The van der Waals surface area contributed by atoms with E-state index in [1.807, 2.05) is 38.1 Å². The normalized spacial score (nSPS) is 12.2. The molecule has 0 saturated carbocycles. The van der Waals surface area contributed by atoms with Gasteiger partial charge in [0.25, 0.3) is 9.05 Å². The zero-order valence-electron chi connectivity index (χ0n) is 9.64. The van der Waals surface area contributed by atoms with Gasteiger partial charge in [0.05, 0.1) is 4.90 Å². The average molecular weight is 269 g/mol. The van der Waals surface area contributed by atoms with Crippen molar-refractivity contribution >= 4 is 19.7 Å². The summed E-state index contributed by atoms with van der Waals surface area (Å²) >= 11 is 0. The molecule has 0 spiro atoms. The van der Waals surface area contributed by atoms with Gasteiger partial charge in [0.1, 0.15) is 0 Å². The Hall–Kier alpha value is -1.06. The fraction of sp³-hybridized carbons (Fsp3) is 0.231. The van der Waals surface area contributed by atoms with Crippen molar-refractivity contribution in [1.29, 1.82) is 0 Å². The van der Waals surface area contributed by atoms with Crippen LogP contribution in [0.15, 0.2) is 41.3 Å². The van der Waals surface area contributed by atoms with E-state index in [9.17, 15) is 8.42 Å². The van der Waals surface area contributed by atoms with Gasteiger partial charge in [0, 0.05) is 16.2 Å². The van der Waals surface area contributed by atoms with Gasteiger partial charge < -0.3 is 0 Å². The maximum absolute atomic E-state index is 11.6. The summed E-state index contributed by atoms with van der Waals surface area (Å²) in [5, 5.41) is 0. The first kappa shape index (κ1) is 12.4. The first-order chi connectivity index (χ1) is 7.91. The monoisotopic (exact) mass is 268 g/mol. The smallest absolute Gasteiger partial charge is 0.207 e. The molecule has 2 nitrogen and oxygen atoms in total. The molecule has 0 aromatic rings. The van der Waals surface area contributed by atoms with E-state index in [0.29, 0.717) is 5.56 Å². The van der Waals surface area contributed by atoms with E-state index < -0.39 is 9.05 Å². The van der Waals surface area contributed by atoms with E-state index >= 15 is 0 Å². The van der Waals surface area contributed by atoms with Gasteiger partial charge in [-0.15, -0.1) is 0 Å². The number of hydrogen-bond donors (Lipinski definition) is 0. The molecule has 0 aliphatic heterocycles. The first-order valence-corrected chi connectivity index (χ1v) is 7.68. The van der Waals surface area contributed by atoms with Crippen LogP contribution in [-0.2, 0) is 9.05 Å². The predicted octanol–water partition coefficient (Wildman–Crippen LogP) is 3.84. The molecule has 0 aromatic carbocycles. The molecule has 17 heavy (non-hydrogen) atoms. The van der Waals surface area contributed by atoms with Crippen LogP contribution in [0.4, 0.5) is 0 Å². The van der Waals surface area contributed by atoms with Crippen LogP contribution in [0.2, 0.25) is 0 Å². The number of fused-ring (bicyclic) bond motifs is 1. The summed E-state index contributed by atoms with van der Waals surface area (Å²) in [7, 11) is 1.77. The van der Waals surface area contributed by atoms with Crippen molar-refractivity contribution in [3.63, 3.8) is 0 Å². The SMILES string of the molecule is CC(C)c1cc(S(=O)(=O)Cl)c2cccccc1-2. The lowest BCUT2D eigenvalue weighted by molar-refractivity contribution is 0.610. The Balaban J connectivity index is 2.83. The predicted molar refractivity (Wildman–Crippen MR) is 70.2 cm³/mol. The van der Waals surface area contributed by atoms with Gasteiger partial charge in [-0.2, -0.15) is 0 Å². The molecule has 0 amide bonds. The number of rotatable bonds is 2. The standard InChI is InChI=1S/C13H13ClO2S/c1-9(2)12-8-13(17(14,15)16)11-7-5-3-4-6-10(11)12/h3-9H,1-2H3. The van der Waals surface area contributed by atoms with Gasteiger partial charge in [-0.25, -0.2) is 8.42 Å². The summed E-state index contributed by atoms with van der Waals surface area (Å²) < 4.78 is 23.1. The lowest BCUT2D eigenvalue weighted by Gasteiger charge is -2.04. The lowest BCUT2D eigenvalue weighted by Crippen LogP contribution is -1.88. The molecule has 0 saturated heterocycles. The molecular weight excluding hydrogens is 256 g/mol. The molecular formula is C13H13ClO2S. The molecule has 0 heterocycles. The highest BCUT2D eigenvalue weighted by molar-refractivity contribution is 8.13. The molecule has 0 unspecified atom stereocenters. The summed E-state index contributed by atoms with van der Waals surface area (Å²) in [5.41, 5.74) is 2.65. The fourth-order valence-electron chi connectivity index (χ4n) is 1.99. The molecule has 2 aliphatic rings. The zero-order valence-corrected chi connectivity index (χ0v) is 11.2. The van der Waals surface area contributed by atoms with Crippen LogP contribution < -0.4 is 0 Å². The van der Waals surface area contributed by atoms with Gasteiger partial charge in [0.15, 0.2) is 0 Å². The van der Waals surface area contributed by atoms with Gasteiger partial charge in [-0.3, -0.25) is 0 Å². The molecule has 0 aromatic heterocycles. The van der Waals surface area contributed by atoms with E-state index in [1.54, 1.807) is 12.1 Å². The molecule has 4 heteroatoms. The number of hydrogen-bond acceptors (Lipinski definition) is 2. The van der Waals surface area contributed by atoms with Crippen molar-refractivity contribution in [1.82, 2.24) is 0 Å². The van der Waals surface area contributed by atoms with Crippen LogP contribution in [0.3, 0.4) is 0 Å². The van der Waals surface area contributed by atoms with Crippen molar-refractivity contribution < 1.29 is 8.42 Å². The summed E-state index contributed by atoms with van der Waals surface area (Å²) in [4.78, 5) is 0.203. The van der Waals surface area contributed by atoms with E-state index in [2.05, 4.69) is 0 Å². The highest BCUT2D eigenvalue weighted by Gasteiger charge is 2.23. The van der Waals surface area contributed by atoms with Crippen molar-refractivity contribution in [3.8, 4) is 11.1 Å². The minimum absolute atomic E-state index is 0.203.